The van der Waals surface area contributed by atoms with E-state index in [1.807, 2.05) is 0 Å². The van der Waals surface area contributed by atoms with Crippen molar-refractivity contribution in [3.05, 3.63) is 0 Å². The van der Waals surface area contributed by atoms with Crippen LogP contribution in [0.4, 0.5) is 0 Å². The fourth-order valence-electron chi connectivity index (χ4n) is 4.19. The highest BCUT2D eigenvalue weighted by atomic mass is 16.4. The molecule has 0 rings (SSSR count). The molecular weight excluding hydrogens is 448 g/mol. The lowest BCUT2D eigenvalue weighted by Gasteiger charge is -2.02. The average Bonchev–Trinajstić information content (AvgIpc) is 2.85. The second-order valence-electron chi connectivity index (χ2n) is 9.97. The number of carboxylic acids is 2. The summed E-state index contributed by atoms with van der Waals surface area (Å²) in [6.07, 6.45) is 39.8. The summed E-state index contributed by atoms with van der Waals surface area (Å²) in [7, 11) is 0. The van der Waals surface area contributed by atoms with Crippen LogP contribution in [-0.2, 0) is 9.59 Å². The third kappa shape index (κ3) is 39.3. The van der Waals surface area contributed by atoms with E-state index in [0.29, 0.717) is 12.8 Å². The molecule has 0 aromatic carbocycles. The van der Waals surface area contributed by atoms with Gasteiger partial charge in [0.05, 0.1) is 0 Å². The summed E-state index contributed by atoms with van der Waals surface area (Å²) in [6, 6.07) is 0. The lowest BCUT2D eigenvalue weighted by atomic mass is 10.0. The van der Waals surface area contributed by atoms with E-state index in [4.69, 9.17) is 23.1 Å². The van der Waals surface area contributed by atoms with Crippen molar-refractivity contribution in [3.63, 3.8) is 0 Å². The molecule has 2 N–H and O–H groups in total. The molecule has 0 amide bonds. The Kier molecular flexibility index (Phi) is 33.3. The van der Waals surface area contributed by atoms with Gasteiger partial charge in [0.25, 0.3) is 0 Å². The Balaban J connectivity index is 0. The molecule has 208 valence electrons. The molecule has 0 aliphatic heterocycles. The topological polar surface area (TPSA) is 74.6 Å². The molecule has 4 nitrogen and oxygen atoms in total. The average molecular weight is 505 g/mol. The molecule has 0 saturated heterocycles. The first-order chi connectivity index (χ1) is 17.5. The zero-order chi connectivity index (χ0) is 27.0. The monoisotopic (exact) mass is 504 g/mol. The van der Waals surface area contributed by atoms with Gasteiger partial charge in [-0.1, -0.05) is 116 Å². The van der Waals surface area contributed by atoms with E-state index in [1.54, 1.807) is 0 Å². The molecular formula is C32H56O4. The van der Waals surface area contributed by atoms with Crippen molar-refractivity contribution in [2.75, 3.05) is 0 Å². The molecule has 36 heavy (non-hydrogen) atoms. The SMILES string of the molecule is C#CCCCCCCCCCCCC(=O)O.C#CCCCCCCCCCCCCCCCC(=O)O. The lowest BCUT2D eigenvalue weighted by Crippen LogP contribution is -1.93. The zero-order valence-electron chi connectivity index (χ0n) is 23.3. The van der Waals surface area contributed by atoms with Gasteiger partial charge in [0.15, 0.2) is 0 Å². The molecule has 0 saturated carbocycles. The van der Waals surface area contributed by atoms with E-state index in [0.717, 1.165) is 44.9 Å². The Morgan fingerprint density at radius 2 is 0.583 bits per heavy atom. The van der Waals surface area contributed by atoms with Gasteiger partial charge in [-0.2, -0.15) is 0 Å². The molecule has 0 atom stereocenters. The van der Waals surface area contributed by atoms with Crippen LogP contribution in [-0.4, -0.2) is 22.2 Å². The van der Waals surface area contributed by atoms with Crippen LogP contribution in [0.3, 0.4) is 0 Å². The quantitative estimate of drug-likeness (QED) is 0.0908. The Labute approximate surface area is 223 Å². The number of hydrogen-bond acceptors (Lipinski definition) is 2. The van der Waals surface area contributed by atoms with Gasteiger partial charge in [-0.3, -0.25) is 9.59 Å². The van der Waals surface area contributed by atoms with Gasteiger partial charge in [0.2, 0.25) is 0 Å². The second kappa shape index (κ2) is 33.1. The first-order valence-corrected chi connectivity index (χ1v) is 14.8. The first kappa shape index (κ1) is 36.2. The molecule has 0 aromatic rings. The number of carboxylic acid groups (broad SMARTS) is 2. The van der Waals surface area contributed by atoms with E-state index in [-0.39, 0.29) is 0 Å². The summed E-state index contributed by atoms with van der Waals surface area (Å²) >= 11 is 0. The lowest BCUT2D eigenvalue weighted by molar-refractivity contribution is -0.138. The van der Waals surface area contributed by atoms with Gasteiger partial charge in [0.1, 0.15) is 0 Å². The first-order valence-electron chi connectivity index (χ1n) is 14.8. The molecule has 0 aromatic heterocycles. The highest BCUT2D eigenvalue weighted by Gasteiger charge is 1.98. The fourth-order valence-corrected chi connectivity index (χ4v) is 4.19. The van der Waals surface area contributed by atoms with Crippen LogP contribution in [0.5, 0.6) is 0 Å². The maximum absolute atomic E-state index is 10.3. The summed E-state index contributed by atoms with van der Waals surface area (Å²) in [5.74, 6) is 4.01. The number of unbranched alkanes of at least 4 members (excludes halogenated alkanes) is 22. The highest BCUT2D eigenvalue weighted by Crippen LogP contribution is 2.13. The van der Waals surface area contributed by atoms with Crippen molar-refractivity contribution in [2.45, 2.75) is 167 Å². The molecule has 0 radical (unpaired) electrons. The Bertz CT molecular complexity index is 555. The van der Waals surface area contributed by atoms with Gasteiger partial charge in [-0.15, -0.1) is 24.7 Å². The van der Waals surface area contributed by atoms with Crippen molar-refractivity contribution < 1.29 is 19.8 Å². The Hall–Kier alpha value is -1.94. The van der Waals surface area contributed by atoms with E-state index in [9.17, 15) is 9.59 Å². The maximum Gasteiger partial charge on any atom is 0.303 e. The van der Waals surface area contributed by atoms with Gasteiger partial charge >= 0.3 is 11.9 Å². The van der Waals surface area contributed by atoms with E-state index in [2.05, 4.69) is 11.8 Å². The largest absolute Gasteiger partial charge is 0.481 e. The van der Waals surface area contributed by atoms with E-state index >= 15 is 0 Å². The minimum absolute atomic E-state index is 0.325. The van der Waals surface area contributed by atoms with Crippen molar-refractivity contribution in [2.24, 2.45) is 0 Å². The maximum atomic E-state index is 10.3. The minimum atomic E-state index is -0.673. The number of rotatable bonds is 26. The summed E-state index contributed by atoms with van der Waals surface area (Å²) in [4.78, 5) is 20.6. The van der Waals surface area contributed by atoms with Crippen LogP contribution < -0.4 is 0 Å². The summed E-state index contributed by atoms with van der Waals surface area (Å²) in [6.45, 7) is 0. The second-order valence-corrected chi connectivity index (χ2v) is 9.97. The van der Waals surface area contributed by atoms with E-state index < -0.39 is 11.9 Å². The minimum Gasteiger partial charge on any atom is -0.481 e. The number of hydrogen-bond donors (Lipinski definition) is 2. The number of terminal acetylenes is 2. The van der Waals surface area contributed by atoms with Crippen LogP contribution in [0.2, 0.25) is 0 Å². The van der Waals surface area contributed by atoms with Crippen LogP contribution in [0.25, 0.3) is 0 Å². The zero-order valence-corrected chi connectivity index (χ0v) is 23.3. The molecule has 0 spiro atoms. The van der Waals surface area contributed by atoms with Gasteiger partial charge < -0.3 is 10.2 Å². The Morgan fingerprint density at radius 3 is 0.778 bits per heavy atom. The molecule has 0 aliphatic rings. The molecule has 0 heterocycles. The summed E-state index contributed by atoms with van der Waals surface area (Å²) < 4.78 is 0. The van der Waals surface area contributed by atoms with Crippen LogP contribution in [0.15, 0.2) is 0 Å². The van der Waals surface area contributed by atoms with Gasteiger partial charge in [-0.05, 0) is 25.7 Å². The summed E-state index contributed by atoms with van der Waals surface area (Å²) in [5, 5.41) is 17.0. The van der Waals surface area contributed by atoms with Crippen molar-refractivity contribution in [1.29, 1.82) is 0 Å². The Morgan fingerprint density at radius 1 is 0.389 bits per heavy atom. The standard InChI is InChI=1S/C18H32O2.C14H24O2/c1-2-3-4-5-6-7-8-9-10-11-12-13-14-15-16-17-18(19)20;1-2-3-4-5-6-7-8-9-10-11-12-13-14(15)16/h1H,3-17H2,(H,19,20);1H,3-13H2,(H,15,16). The number of aliphatic carboxylic acids is 2. The van der Waals surface area contributed by atoms with Crippen LogP contribution in [0.1, 0.15) is 167 Å². The predicted octanol–water partition coefficient (Wildman–Crippen LogP) is 9.55. The summed E-state index contributed by atoms with van der Waals surface area (Å²) in [5.41, 5.74) is 0. The van der Waals surface area contributed by atoms with Crippen molar-refractivity contribution in [1.82, 2.24) is 0 Å². The van der Waals surface area contributed by atoms with Crippen molar-refractivity contribution in [3.8, 4) is 24.7 Å². The van der Waals surface area contributed by atoms with Crippen LogP contribution in [0, 0.1) is 24.7 Å². The molecule has 0 unspecified atom stereocenters. The van der Waals surface area contributed by atoms with Crippen molar-refractivity contribution >= 4 is 11.9 Å². The highest BCUT2D eigenvalue weighted by molar-refractivity contribution is 5.66. The molecule has 0 aliphatic carbocycles. The van der Waals surface area contributed by atoms with Gasteiger partial charge in [-0.25, -0.2) is 0 Å². The van der Waals surface area contributed by atoms with Gasteiger partial charge in [0, 0.05) is 25.7 Å². The predicted molar refractivity (Wildman–Crippen MR) is 153 cm³/mol. The molecule has 4 heteroatoms. The third-order valence-electron chi connectivity index (χ3n) is 6.42. The smallest absolute Gasteiger partial charge is 0.303 e. The third-order valence-corrected chi connectivity index (χ3v) is 6.42. The normalized spacial score (nSPS) is 10.2. The molecule has 0 fully saturated rings. The van der Waals surface area contributed by atoms with Crippen LogP contribution >= 0.6 is 0 Å². The molecule has 0 bridgehead atoms. The van der Waals surface area contributed by atoms with E-state index in [1.165, 1.54) is 109 Å². The fraction of sp³-hybridized carbons (Fsp3) is 0.812. The number of carbonyl (C=O) groups is 2.